The summed E-state index contributed by atoms with van der Waals surface area (Å²) in [4.78, 5) is 17.7. The molecule has 1 aromatic heterocycles. The van der Waals surface area contributed by atoms with Crippen LogP contribution >= 0.6 is 11.8 Å². The van der Waals surface area contributed by atoms with E-state index in [2.05, 4.69) is 20.3 Å². The van der Waals surface area contributed by atoms with Gasteiger partial charge in [-0.15, -0.1) is 0 Å². The van der Waals surface area contributed by atoms with E-state index in [0.717, 1.165) is 0 Å². The number of nitrogens with two attached hydrogens (primary N) is 4. The van der Waals surface area contributed by atoms with Crippen molar-refractivity contribution in [1.82, 2.24) is 15.0 Å². The summed E-state index contributed by atoms with van der Waals surface area (Å²) in [7, 11) is 0. The monoisotopic (exact) mass is 498 g/mol. The van der Waals surface area contributed by atoms with Gasteiger partial charge in [0.2, 0.25) is 17.8 Å². The summed E-state index contributed by atoms with van der Waals surface area (Å²) in [5, 5.41) is 3.07. The molecule has 0 spiro atoms. The molecule has 1 aromatic carbocycles. The topological polar surface area (TPSA) is 161 Å². The molecule has 0 radical (unpaired) electrons. The van der Waals surface area contributed by atoms with Crippen molar-refractivity contribution in [1.29, 1.82) is 0 Å². The summed E-state index contributed by atoms with van der Waals surface area (Å²) in [5.74, 6) is 1.07. The second-order valence-electron chi connectivity index (χ2n) is 8.78. The lowest BCUT2D eigenvalue weighted by Crippen LogP contribution is -2.54. The molecule has 3 heterocycles. The summed E-state index contributed by atoms with van der Waals surface area (Å²) >= 11 is -0.171. The smallest absolute Gasteiger partial charge is 0.338 e. The highest BCUT2D eigenvalue weighted by Crippen LogP contribution is 2.37. The number of anilines is 4. The lowest BCUT2D eigenvalue weighted by Gasteiger charge is -2.37. The molecular formula is C20H29F3N10S. The number of thioether (sulfide) groups is 1. The molecule has 2 aliphatic rings. The highest BCUT2D eigenvalue weighted by Gasteiger charge is 2.30. The Morgan fingerprint density at radius 1 is 0.765 bits per heavy atom. The first-order chi connectivity index (χ1) is 16.0. The number of hydrogen-bond donors (Lipinski definition) is 5. The van der Waals surface area contributed by atoms with Crippen LogP contribution in [-0.4, -0.2) is 70.8 Å². The van der Waals surface area contributed by atoms with Gasteiger partial charge < -0.3 is 38.1 Å². The molecule has 2 fully saturated rings. The highest BCUT2D eigenvalue weighted by molar-refractivity contribution is 8.00. The van der Waals surface area contributed by atoms with Crippen LogP contribution in [0.4, 0.5) is 36.7 Å². The van der Waals surface area contributed by atoms with Gasteiger partial charge in [-0.3, -0.25) is 0 Å². The first-order valence-electron chi connectivity index (χ1n) is 10.9. The Hall–Kier alpha value is -2.39. The zero-order valence-corrected chi connectivity index (χ0v) is 19.3. The molecule has 2 aromatic rings. The molecule has 4 rings (SSSR count). The quantitative estimate of drug-likeness (QED) is 0.373. The van der Waals surface area contributed by atoms with Gasteiger partial charge in [0.05, 0.1) is 0 Å². The number of aromatic nitrogens is 3. The Balaban J connectivity index is 1.61. The van der Waals surface area contributed by atoms with Crippen LogP contribution in [0.5, 0.6) is 0 Å². The average Bonchev–Trinajstić information content (AvgIpc) is 2.72. The minimum Gasteiger partial charge on any atom is -0.338 e. The number of nitrogens with zero attached hydrogens (tertiary/aromatic N) is 5. The zero-order valence-electron chi connectivity index (χ0n) is 18.4. The normalized spacial score (nSPS) is 26.0. The summed E-state index contributed by atoms with van der Waals surface area (Å²) < 4.78 is 37.9. The number of rotatable bonds is 5. The third-order valence-electron chi connectivity index (χ3n) is 5.55. The van der Waals surface area contributed by atoms with Crippen molar-refractivity contribution in [3.05, 3.63) is 24.3 Å². The van der Waals surface area contributed by atoms with Crippen LogP contribution in [0.3, 0.4) is 0 Å². The van der Waals surface area contributed by atoms with Gasteiger partial charge in [0.1, 0.15) is 0 Å². The van der Waals surface area contributed by atoms with Crippen LogP contribution < -0.4 is 38.1 Å². The second kappa shape index (κ2) is 10.1. The molecule has 4 atom stereocenters. The van der Waals surface area contributed by atoms with E-state index in [9.17, 15) is 13.2 Å². The van der Waals surface area contributed by atoms with Crippen molar-refractivity contribution in [3.8, 4) is 0 Å². The Morgan fingerprint density at radius 3 is 1.62 bits per heavy atom. The zero-order chi connectivity index (χ0) is 24.5. The van der Waals surface area contributed by atoms with Crippen LogP contribution in [-0.2, 0) is 0 Å². The molecular weight excluding hydrogens is 469 g/mol. The van der Waals surface area contributed by atoms with Gasteiger partial charge in [0, 0.05) is 60.9 Å². The first-order valence-corrected chi connectivity index (χ1v) is 11.8. The lowest BCUT2D eigenvalue weighted by atomic mass is 10.0. The van der Waals surface area contributed by atoms with Crippen LogP contribution in [0, 0.1) is 0 Å². The predicted octanol–water partition coefficient (Wildman–Crippen LogP) is 0.957. The van der Waals surface area contributed by atoms with E-state index in [4.69, 9.17) is 22.9 Å². The van der Waals surface area contributed by atoms with Gasteiger partial charge in [0.25, 0.3) is 0 Å². The van der Waals surface area contributed by atoms with Crippen LogP contribution in [0.2, 0.25) is 0 Å². The number of benzene rings is 1. The van der Waals surface area contributed by atoms with Crippen molar-refractivity contribution in [3.63, 3.8) is 0 Å². The van der Waals surface area contributed by atoms with Gasteiger partial charge in [-0.2, -0.15) is 28.1 Å². The third-order valence-corrected chi connectivity index (χ3v) is 6.29. The maximum absolute atomic E-state index is 12.6. The number of alkyl halides is 3. The third kappa shape index (κ3) is 6.60. The molecule has 0 unspecified atom stereocenters. The van der Waals surface area contributed by atoms with Crippen molar-refractivity contribution in [2.24, 2.45) is 22.9 Å². The largest absolute Gasteiger partial charge is 0.446 e. The van der Waals surface area contributed by atoms with Gasteiger partial charge in [-0.25, -0.2) is 0 Å². The van der Waals surface area contributed by atoms with E-state index < -0.39 is 5.51 Å². The lowest BCUT2D eigenvalue weighted by molar-refractivity contribution is -0.0328. The number of nitrogens with one attached hydrogen (secondary N) is 1. The van der Waals surface area contributed by atoms with E-state index in [0.29, 0.717) is 56.6 Å². The van der Waals surface area contributed by atoms with E-state index in [1.54, 1.807) is 0 Å². The SMILES string of the molecule is N[C@@H]1C[C@H](N)CN(c2nc(Nc3ccc(SC(F)(F)F)cc3)nc(N3C[C@H](N)C[C@H](N)C3)n2)C1. The van der Waals surface area contributed by atoms with E-state index >= 15 is 0 Å². The Morgan fingerprint density at radius 2 is 1.21 bits per heavy atom. The predicted molar refractivity (Wildman–Crippen MR) is 127 cm³/mol. The molecule has 0 bridgehead atoms. The Bertz CT molecular complexity index is 912. The van der Waals surface area contributed by atoms with Crippen molar-refractivity contribution in [2.45, 2.75) is 47.4 Å². The van der Waals surface area contributed by atoms with E-state index in [-0.39, 0.29) is 46.8 Å². The Labute approximate surface area is 199 Å². The summed E-state index contributed by atoms with van der Waals surface area (Å²) in [6.07, 6.45) is 1.41. The van der Waals surface area contributed by atoms with Gasteiger partial charge in [0.15, 0.2) is 0 Å². The minimum absolute atomic E-state index is 0.0858. The number of hydrogen-bond acceptors (Lipinski definition) is 11. The molecule has 0 saturated carbocycles. The molecule has 2 aliphatic heterocycles. The van der Waals surface area contributed by atoms with Gasteiger partial charge in [-0.1, -0.05) is 0 Å². The maximum atomic E-state index is 12.6. The fraction of sp³-hybridized carbons (Fsp3) is 0.550. The molecule has 0 aliphatic carbocycles. The molecule has 9 N–H and O–H groups in total. The second-order valence-corrected chi connectivity index (χ2v) is 9.92. The van der Waals surface area contributed by atoms with Gasteiger partial charge >= 0.3 is 5.51 Å². The van der Waals surface area contributed by atoms with Gasteiger partial charge in [-0.05, 0) is 48.9 Å². The van der Waals surface area contributed by atoms with Crippen LogP contribution in [0.25, 0.3) is 0 Å². The fourth-order valence-corrected chi connectivity index (χ4v) is 4.78. The molecule has 10 nitrogen and oxygen atoms in total. The van der Waals surface area contributed by atoms with Crippen molar-refractivity contribution in [2.75, 3.05) is 41.3 Å². The first kappa shape index (κ1) is 24.7. The fourth-order valence-electron chi connectivity index (χ4n) is 4.25. The minimum atomic E-state index is -4.35. The van der Waals surface area contributed by atoms with Crippen LogP contribution in [0.15, 0.2) is 29.2 Å². The summed E-state index contributed by atoms with van der Waals surface area (Å²) in [5.41, 5.74) is 20.8. The molecule has 2 saturated heterocycles. The summed E-state index contributed by atoms with van der Waals surface area (Å²) in [6.45, 7) is 2.16. The highest BCUT2D eigenvalue weighted by atomic mass is 32.2. The molecule has 186 valence electrons. The average molecular weight is 499 g/mol. The summed E-state index contributed by atoms with van der Waals surface area (Å²) in [6, 6.07) is 5.38. The molecule has 34 heavy (non-hydrogen) atoms. The standard InChI is InChI=1S/C20H29F3N10S/c21-20(22,23)34-16-3-1-15(2-4-16)28-17-29-18(32-7-11(24)5-12(25)8-32)31-19(30-17)33-9-13(26)6-14(27)10-33/h1-4,11-14H,5-10,24-27H2,(H,28,29,30,31)/t11-,12+,13-,14+. The molecule has 0 amide bonds. The Kier molecular flexibility index (Phi) is 7.33. The van der Waals surface area contributed by atoms with Crippen LogP contribution in [0.1, 0.15) is 12.8 Å². The van der Waals surface area contributed by atoms with Crippen molar-refractivity contribution < 1.29 is 13.2 Å². The van der Waals surface area contributed by atoms with E-state index in [1.165, 1.54) is 24.3 Å². The van der Waals surface area contributed by atoms with Crippen molar-refractivity contribution >= 4 is 35.3 Å². The number of halogens is 3. The maximum Gasteiger partial charge on any atom is 0.446 e. The molecule has 14 heteroatoms. The number of piperidine rings is 2. The van der Waals surface area contributed by atoms with E-state index in [1.807, 2.05) is 9.80 Å².